The summed E-state index contributed by atoms with van der Waals surface area (Å²) in [5.41, 5.74) is 1.97. The van der Waals surface area contributed by atoms with Crippen molar-refractivity contribution in [1.29, 1.82) is 0 Å². The molecule has 1 amide bonds. The molecule has 0 saturated carbocycles. The van der Waals surface area contributed by atoms with E-state index in [0.717, 1.165) is 16.9 Å². The van der Waals surface area contributed by atoms with E-state index in [4.69, 9.17) is 4.74 Å². The summed E-state index contributed by atoms with van der Waals surface area (Å²) in [6.07, 6.45) is 0.376. The zero-order valence-corrected chi connectivity index (χ0v) is 14.8. The van der Waals surface area contributed by atoms with Gasteiger partial charge in [0.2, 0.25) is 5.91 Å². The Labute approximate surface area is 149 Å². The molecule has 0 aromatic heterocycles. The van der Waals surface area contributed by atoms with Crippen LogP contribution in [0.1, 0.15) is 43.9 Å². The Morgan fingerprint density at radius 3 is 2.64 bits per heavy atom. The van der Waals surface area contributed by atoms with Crippen molar-refractivity contribution < 1.29 is 14.6 Å². The standard InChI is InChI=1S/C21H25NO3/c1-15(2)25-18-10-6-9-17(13-18)21-19(23)11-12-20(24)22(21)14-16-7-4-3-5-8-16/h3-10,13,15,19,21,23H,11-12,14H2,1-2H3/t19-,21+/m0/s1. The van der Waals surface area contributed by atoms with Gasteiger partial charge in [0.05, 0.1) is 18.2 Å². The molecule has 132 valence electrons. The molecule has 0 radical (unpaired) electrons. The van der Waals surface area contributed by atoms with Gasteiger partial charge in [-0.05, 0) is 43.5 Å². The fourth-order valence-electron chi connectivity index (χ4n) is 3.35. The first-order chi connectivity index (χ1) is 12.0. The van der Waals surface area contributed by atoms with Gasteiger partial charge in [-0.2, -0.15) is 0 Å². The molecule has 1 saturated heterocycles. The SMILES string of the molecule is CC(C)Oc1cccc([C@@H]2[C@@H](O)CCC(=O)N2Cc2ccccc2)c1. The number of likely N-dealkylation sites (tertiary alicyclic amines) is 1. The highest BCUT2D eigenvalue weighted by atomic mass is 16.5. The van der Waals surface area contributed by atoms with Crippen LogP contribution in [-0.4, -0.2) is 28.1 Å². The molecule has 1 heterocycles. The molecule has 2 atom stereocenters. The van der Waals surface area contributed by atoms with Gasteiger partial charge in [-0.25, -0.2) is 0 Å². The number of ether oxygens (including phenoxy) is 1. The van der Waals surface area contributed by atoms with Gasteiger partial charge in [-0.1, -0.05) is 42.5 Å². The normalized spacial score (nSPS) is 20.8. The second kappa shape index (κ2) is 7.70. The smallest absolute Gasteiger partial charge is 0.223 e. The number of carbonyl (C=O) groups is 1. The molecule has 1 fully saturated rings. The summed E-state index contributed by atoms with van der Waals surface area (Å²) in [6.45, 7) is 4.46. The first-order valence-corrected chi connectivity index (χ1v) is 8.82. The summed E-state index contributed by atoms with van der Waals surface area (Å²) in [7, 11) is 0. The third kappa shape index (κ3) is 4.20. The van der Waals surface area contributed by atoms with Crippen molar-refractivity contribution in [2.24, 2.45) is 0 Å². The second-order valence-electron chi connectivity index (χ2n) is 6.80. The number of carbonyl (C=O) groups excluding carboxylic acids is 1. The van der Waals surface area contributed by atoms with Gasteiger partial charge in [0.25, 0.3) is 0 Å². The molecular weight excluding hydrogens is 314 g/mol. The first-order valence-electron chi connectivity index (χ1n) is 8.82. The molecule has 3 rings (SSSR count). The van der Waals surface area contributed by atoms with Crippen molar-refractivity contribution >= 4 is 5.91 Å². The van der Waals surface area contributed by atoms with Crippen LogP contribution < -0.4 is 4.74 Å². The van der Waals surface area contributed by atoms with E-state index < -0.39 is 6.10 Å². The quantitative estimate of drug-likeness (QED) is 0.904. The van der Waals surface area contributed by atoms with E-state index in [0.29, 0.717) is 19.4 Å². The molecule has 25 heavy (non-hydrogen) atoms. The highest BCUT2D eigenvalue weighted by molar-refractivity contribution is 5.78. The molecule has 1 aliphatic rings. The number of aliphatic hydroxyl groups is 1. The van der Waals surface area contributed by atoms with Crippen molar-refractivity contribution in [3.63, 3.8) is 0 Å². The number of nitrogens with zero attached hydrogens (tertiary/aromatic N) is 1. The summed E-state index contributed by atoms with van der Waals surface area (Å²) >= 11 is 0. The van der Waals surface area contributed by atoms with Gasteiger partial charge in [0.1, 0.15) is 5.75 Å². The lowest BCUT2D eigenvalue weighted by Crippen LogP contribution is -2.44. The lowest BCUT2D eigenvalue weighted by molar-refractivity contribution is -0.143. The van der Waals surface area contributed by atoms with Crippen LogP contribution in [0.3, 0.4) is 0 Å². The van der Waals surface area contributed by atoms with E-state index in [9.17, 15) is 9.90 Å². The molecule has 0 unspecified atom stereocenters. The van der Waals surface area contributed by atoms with E-state index in [1.807, 2.05) is 68.4 Å². The number of rotatable bonds is 5. The van der Waals surface area contributed by atoms with Crippen LogP contribution in [0.15, 0.2) is 54.6 Å². The monoisotopic (exact) mass is 339 g/mol. The van der Waals surface area contributed by atoms with Crippen LogP contribution in [-0.2, 0) is 11.3 Å². The number of aliphatic hydroxyl groups excluding tert-OH is 1. The van der Waals surface area contributed by atoms with Crippen molar-refractivity contribution in [2.45, 2.75) is 51.5 Å². The molecule has 0 spiro atoms. The van der Waals surface area contributed by atoms with E-state index in [1.54, 1.807) is 4.90 Å². The van der Waals surface area contributed by atoms with Crippen molar-refractivity contribution in [2.75, 3.05) is 0 Å². The van der Waals surface area contributed by atoms with Crippen LogP contribution in [0.4, 0.5) is 0 Å². The van der Waals surface area contributed by atoms with Crippen molar-refractivity contribution in [1.82, 2.24) is 4.90 Å². The number of hydrogen-bond acceptors (Lipinski definition) is 3. The Morgan fingerprint density at radius 2 is 1.92 bits per heavy atom. The Kier molecular flexibility index (Phi) is 5.39. The first kappa shape index (κ1) is 17.5. The summed E-state index contributed by atoms with van der Waals surface area (Å²) in [5, 5.41) is 10.6. The van der Waals surface area contributed by atoms with E-state index in [2.05, 4.69) is 0 Å². The van der Waals surface area contributed by atoms with Crippen LogP contribution in [0.25, 0.3) is 0 Å². The second-order valence-corrected chi connectivity index (χ2v) is 6.80. The maximum atomic E-state index is 12.6. The average molecular weight is 339 g/mol. The van der Waals surface area contributed by atoms with E-state index >= 15 is 0 Å². The predicted octanol–water partition coefficient (Wildman–Crippen LogP) is 3.70. The Bertz CT molecular complexity index is 714. The minimum Gasteiger partial charge on any atom is -0.491 e. The number of benzene rings is 2. The molecular formula is C21H25NO3. The summed E-state index contributed by atoms with van der Waals surface area (Å²) in [6, 6.07) is 17.3. The Balaban J connectivity index is 1.90. The molecule has 1 N–H and O–H groups in total. The molecule has 4 nitrogen and oxygen atoms in total. The van der Waals surface area contributed by atoms with Gasteiger partial charge < -0.3 is 14.7 Å². The van der Waals surface area contributed by atoms with Crippen LogP contribution in [0, 0.1) is 0 Å². The molecule has 4 heteroatoms. The van der Waals surface area contributed by atoms with Crippen molar-refractivity contribution in [3.8, 4) is 5.75 Å². The molecule has 2 aromatic rings. The van der Waals surface area contributed by atoms with Gasteiger partial charge in [0, 0.05) is 13.0 Å². The third-order valence-electron chi connectivity index (χ3n) is 4.44. The van der Waals surface area contributed by atoms with E-state index in [1.165, 1.54) is 0 Å². The number of hydrogen-bond donors (Lipinski definition) is 1. The van der Waals surface area contributed by atoms with Crippen LogP contribution >= 0.6 is 0 Å². The Hall–Kier alpha value is -2.33. The minimum absolute atomic E-state index is 0.0774. The highest BCUT2D eigenvalue weighted by Gasteiger charge is 2.36. The van der Waals surface area contributed by atoms with Gasteiger partial charge in [-0.3, -0.25) is 4.79 Å². The lowest BCUT2D eigenvalue weighted by Gasteiger charge is -2.39. The lowest BCUT2D eigenvalue weighted by atomic mass is 9.91. The summed E-state index contributed by atoms with van der Waals surface area (Å²) in [4.78, 5) is 14.4. The summed E-state index contributed by atoms with van der Waals surface area (Å²) < 4.78 is 5.78. The van der Waals surface area contributed by atoms with Gasteiger partial charge in [-0.15, -0.1) is 0 Å². The molecule has 0 aliphatic carbocycles. The fraction of sp³-hybridized carbons (Fsp3) is 0.381. The zero-order chi connectivity index (χ0) is 17.8. The van der Waals surface area contributed by atoms with Crippen LogP contribution in [0.5, 0.6) is 5.75 Å². The molecule has 1 aliphatic heterocycles. The maximum absolute atomic E-state index is 12.6. The van der Waals surface area contributed by atoms with Crippen LogP contribution in [0.2, 0.25) is 0 Å². The Morgan fingerprint density at radius 1 is 1.16 bits per heavy atom. The maximum Gasteiger partial charge on any atom is 0.223 e. The fourth-order valence-corrected chi connectivity index (χ4v) is 3.35. The van der Waals surface area contributed by atoms with Crippen molar-refractivity contribution in [3.05, 3.63) is 65.7 Å². The summed E-state index contributed by atoms with van der Waals surface area (Å²) in [5.74, 6) is 0.840. The number of amides is 1. The zero-order valence-electron chi connectivity index (χ0n) is 14.8. The highest BCUT2D eigenvalue weighted by Crippen LogP contribution is 2.34. The predicted molar refractivity (Wildman–Crippen MR) is 97.2 cm³/mol. The largest absolute Gasteiger partial charge is 0.491 e. The van der Waals surface area contributed by atoms with Gasteiger partial charge in [0.15, 0.2) is 0 Å². The average Bonchev–Trinajstić information content (AvgIpc) is 2.59. The topological polar surface area (TPSA) is 49.8 Å². The van der Waals surface area contributed by atoms with Gasteiger partial charge >= 0.3 is 0 Å². The third-order valence-corrected chi connectivity index (χ3v) is 4.44. The molecule has 2 aromatic carbocycles. The molecule has 0 bridgehead atoms. The number of piperidine rings is 1. The minimum atomic E-state index is -0.573. The van der Waals surface area contributed by atoms with E-state index in [-0.39, 0.29) is 18.1 Å².